The molecule has 0 aliphatic carbocycles. The van der Waals surface area contributed by atoms with Crippen LogP contribution in [-0.2, 0) is 20.0 Å². The van der Waals surface area contributed by atoms with Crippen molar-refractivity contribution in [3.05, 3.63) is 42.0 Å². The summed E-state index contributed by atoms with van der Waals surface area (Å²) in [7, 11) is 1.78. The molecule has 160 valence electrons. The molecule has 0 amide bonds. The van der Waals surface area contributed by atoms with Crippen LogP contribution in [0.15, 0.2) is 35.6 Å². The van der Waals surface area contributed by atoms with Gasteiger partial charge in [-0.1, -0.05) is 12.1 Å². The lowest BCUT2D eigenvalue weighted by molar-refractivity contribution is -0.274. The molecule has 1 atom stereocenters. The van der Waals surface area contributed by atoms with Crippen molar-refractivity contribution < 1.29 is 23.0 Å². The number of hydrogen-bond donors (Lipinski definition) is 3. The van der Waals surface area contributed by atoms with Crippen LogP contribution in [0.1, 0.15) is 18.3 Å². The molecule has 0 fully saturated rings. The highest BCUT2D eigenvalue weighted by molar-refractivity contribution is 5.79. The van der Waals surface area contributed by atoms with Crippen molar-refractivity contribution in [1.82, 2.24) is 25.4 Å². The van der Waals surface area contributed by atoms with Gasteiger partial charge in [0.25, 0.3) is 0 Å². The Hall–Kier alpha value is -2.82. The third kappa shape index (κ3) is 7.98. The Labute approximate surface area is 166 Å². The molecule has 0 bridgehead atoms. The number of halogens is 3. The number of nitrogens with zero attached hydrogens (tertiary/aromatic N) is 4. The third-order valence-electron chi connectivity index (χ3n) is 4.03. The lowest BCUT2D eigenvalue weighted by Gasteiger charge is -2.18. The molecule has 1 aromatic carbocycles. The van der Waals surface area contributed by atoms with Crippen LogP contribution >= 0.6 is 0 Å². The van der Waals surface area contributed by atoms with Gasteiger partial charge in [0, 0.05) is 32.7 Å². The largest absolute Gasteiger partial charge is 0.573 e. The average Bonchev–Trinajstić information content (AvgIpc) is 3.08. The first kappa shape index (κ1) is 22.5. The number of aliphatic hydroxyl groups excluding tert-OH is 1. The summed E-state index contributed by atoms with van der Waals surface area (Å²) in [6.07, 6.45) is -2.78. The van der Waals surface area contributed by atoms with E-state index in [4.69, 9.17) is 0 Å². The summed E-state index contributed by atoms with van der Waals surface area (Å²) in [6.45, 7) is 3.29. The summed E-state index contributed by atoms with van der Waals surface area (Å²) in [4.78, 5) is 8.56. The Morgan fingerprint density at radius 3 is 2.55 bits per heavy atom. The van der Waals surface area contributed by atoms with Crippen molar-refractivity contribution in [3.8, 4) is 5.75 Å². The van der Waals surface area contributed by atoms with Crippen LogP contribution in [0.3, 0.4) is 0 Å². The Kier molecular flexibility index (Phi) is 8.25. The molecule has 8 nitrogen and oxygen atoms in total. The maximum Gasteiger partial charge on any atom is 0.573 e. The standard InChI is InChI=1S/C18H25F3N6O2/c1-3-22-17(24-10-16-25-12-26-27(16)2)23-9-14(11-28)8-13-4-6-15(7-5-13)29-18(19,20)21/h4-7,12,14,28H,3,8-11H2,1-2H3,(H2,22,23,24). The molecule has 1 unspecified atom stereocenters. The van der Waals surface area contributed by atoms with Crippen LogP contribution in [0.5, 0.6) is 5.75 Å². The molecule has 0 radical (unpaired) electrons. The van der Waals surface area contributed by atoms with E-state index >= 15 is 0 Å². The van der Waals surface area contributed by atoms with E-state index in [1.54, 1.807) is 23.9 Å². The predicted molar refractivity (Wildman–Crippen MR) is 101 cm³/mol. The molecule has 2 aromatic rings. The van der Waals surface area contributed by atoms with Gasteiger partial charge in [0.15, 0.2) is 5.96 Å². The van der Waals surface area contributed by atoms with Crippen molar-refractivity contribution in [1.29, 1.82) is 0 Å². The lowest BCUT2D eigenvalue weighted by atomic mass is 10.00. The van der Waals surface area contributed by atoms with E-state index in [0.717, 1.165) is 5.56 Å². The molecular formula is C18H25F3N6O2. The molecule has 0 aliphatic heterocycles. The quantitative estimate of drug-likeness (QED) is 0.426. The van der Waals surface area contributed by atoms with Gasteiger partial charge in [-0.05, 0) is 31.0 Å². The topological polar surface area (TPSA) is 96.6 Å². The van der Waals surface area contributed by atoms with Crippen molar-refractivity contribution in [2.45, 2.75) is 26.3 Å². The molecule has 11 heteroatoms. The first-order chi connectivity index (χ1) is 13.8. The number of aromatic nitrogens is 3. The van der Waals surface area contributed by atoms with E-state index in [2.05, 4.69) is 30.4 Å². The average molecular weight is 414 g/mol. The Morgan fingerprint density at radius 1 is 1.28 bits per heavy atom. The predicted octanol–water partition coefficient (Wildman–Crippen LogP) is 1.62. The van der Waals surface area contributed by atoms with E-state index in [0.29, 0.717) is 37.8 Å². The zero-order valence-electron chi connectivity index (χ0n) is 16.3. The molecule has 0 saturated heterocycles. The maximum atomic E-state index is 12.2. The minimum atomic E-state index is -4.72. The number of benzene rings is 1. The van der Waals surface area contributed by atoms with Crippen LogP contribution in [0.4, 0.5) is 13.2 Å². The van der Waals surface area contributed by atoms with Gasteiger partial charge in [0.1, 0.15) is 24.4 Å². The number of rotatable bonds is 9. The second-order valence-corrected chi connectivity index (χ2v) is 6.32. The molecule has 0 aliphatic rings. The van der Waals surface area contributed by atoms with Crippen LogP contribution in [0.2, 0.25) is 0 Å². The fourth-order valence-corrected chi connectivity index (χ4v) is 2.56. The highest BCUT2D eigenvalue weighted by Gasteiger charge is 2.30. The van der Waals surface area contributed by atoms with E-state index < -0.39 is 6.36 Å². The normalized spacial score (nSPS) is 13.2. The van der Waals surface area contributed by atoms with Gasteiger partial charge in [0.05, 0.1) is 0 Å². The summed E-state index contributed by atoms with van der Waals surface area (Å²) < 4.78 is 42.2. The highest BCUT2D eigenvalue weighted by atomic mass is 19.4. The zero-order valence-corrected chi connectivity index (χ0v) is 16.3. The van der Waals surface area contributed by atoms with Gasteiger partial charge in [-0.25, -0.2) is 9.98 Å². The summed E-state index contributed by atoms with van der Waals surface area (Å²) in [5.41, 5.74) is 0.793. The first-order valence-corrected chi connectivity index (χ1v) is 9.11. The number of aryl methyl sites for hydroxylation is 1. The van der Waals surface area contributed by atoms with Crippen LogP contribution in [0, 0.1) is 5.92 Å². The van der Waals surface area contributed by atoms with Gasteiger partial charge in [-0.15, -0.1) is 13.2 Å². The van der Waals surface area contributed by atoms with E-state index in [1.807, 2.05) is 6.92 Å². The molecule has 3 N–H and O–H groups in total. The Morgan fingerprint density at radius 2 is 2.00 bits per heavy atom. The Bertz CT molecular complexity index is 777. The van der Waals surface area contributed by atoms with Crippen molar-refractivity contribution >= 4 is 5.96 Å². The maximum absolute atomic E-state index is 12.2. The monoisotopic (exact) mass is 414 g/mol. The SMILES string of the molecule is CCNC(=NCc1ncnn1C)NCC(CO)Cc1ccc(OC(F)(F)F)cc1. The highest BCUT2D eigenvalue weighted by Crippen LogP contribution is 2.23. The summed E-state index contributed by atoms with van der Waals surface area (Å²) in [5.74, 6) is 0.860. The van der Waals surface area contributed by atoms with Crippen molar-refractivity contribution in [2.24, 2.45) is 18.0 Å². The van der Waals surface area contributed by atoms with Gasteiger partial charge >= 0.3 is 6.36 Å². The number of guanidine groups is 1. The van der Waals surface area contributed by atoms with Gasteiger partial charge in [-0.2, -0.15) is 5.10 Å². The molecule has 2 rings (SSSR count). The van der Waals surface area contributed by atoms with Crippen LogP contribution in [0.25, 0.3) is 0 Å². The third-order valence-corrected chi connectivity index (χ3v) is 4.03. The molecule has 29 heavy (non-hydrogen) atoms. The number of aliphatic imine (C=N–C) groups is 1. The molecular weight excluding hydrogens is 389 g/mol. The van der Waals surface area contributed by atoms with Crippen molar-refractivity contribution in [2.75, 3.05) is 19.7 Å². The minimum Gasteiger partial charge on any atom is -0.406 e. The van der Waals surface area contributed by atoms with E-state index in [9.17, 15) is 18.3 Å². The number of hydrogen-bond acceptors (Lipinski definition) is 5. The smallest absolute Gasteiger partial charge is 0.406 e. The minimum absolute atomic E-state index is 0.0868. The second kappa shape index (κ2) is 10.6. The molecule has 0 saturated carbocycles. The lowest BCUT2D eigenvalue weighted by Crippen LogP contribution is -2.40. The van der Waals surface area contributed by atoms with E-state index in [1.165, 1.54) is 18.5 Å². The number of ether oxygens (including phenoxy) is 1. The van der Waals surface area contributed by atoms with E-state index in [-0.39, 0.29) is 18.3 Å². The number of aliphatic hydroxyl groups is 1. The zero-order chi connectivity index (χ0) is 21.3. The van der Waals surface area contributed by atoms with Gasteiger partial charge in [0.2, 0.25) is 0 Å². The fourth-order valence-electron chi connectivity index (χ4n) is 2.56. The first-order valence-electron chi connectivity index (χ1n) is 9.11. The Balaban J connectivity index is 1.91. The number of alkyl halides is 3. The summed E-state index contributed by atoms with van der Waals surface area (Å²) in [5, 5.41) is 19.9. The molecule has 1 heterocycles. The van der Waals surface area contributed by atoms with Crippen LogP contribution < -0.4 is 15.4 Å². The summed E-state index contributed by atoms with van der Waals surface area (Å²) in [6, 6.07) is 5.63. The number of nitrogens with one attached hydrogen (secondary N) is 2. The fraction of sp³-hybridized carbons (Fsp3) is 0.500. The van der Waals surface area contributed by atoms with Crippen LogP contribution in [-0.4, -0.2) is 51.9 Å². The van der Waals surface area contributed by atoms with Gasteiger partial charge < -0.3 is 20.5 Å². The van der Waals surface area contributed by atoms with Gasteiger partial charge in [-0.3, -0.25) is 4.68 Å². The molecule has 1 aromatic heterocycles. The van der Waals surface area contributed by atoms with Crippen molar-refractivity contribution in [3.63, 3.8) is 0 Å². The molecule has 0 spiro atoms. The second-order valence-electron chi connectivity index (χ2n) is 6.32. The summed E-state index contributed by atoms with van der Waals surface area (Å²) >= 11 is 0.